The van der Waals surface area contributed by atoms with Gasteiger partial charge >= 0.3 is 19.4 Å². The van der Waals surface area contributed by atoms with Crippen LogP contribution in [0.4, 0.5) is 0 Å². The summed E-state index contributed by atoms with van der Waals surface area (Å²) in [4.78, 5) is 38.2. The van der Waals surface area contributed by atoms with Gasteiger partial charge in [0.2, 0.25) is 0 Å². The number of halogens is 2. The van der Waals surface area contributed by atoms with Gasteiger partial charge in [-0.15, -0.1) is 0 Å². The molecule has 1 aromatic carbocycles. The van der Waals surface area contributed by atoms with E-state index in [9.17, 15) is 24.1 Å². The SMILES string of the molecule is COCC(C)OC(=O)[C@H](C)NP(=O)(OCC1OC(n2ccc(=O)[nH]c2=O)[C@](Cl)(Br)[C@@H]1O)Oc1ccccc1. The van der Waals surface area contributed by atoms with Gasteiger partial charge in [0.05, 0.1) is 13.2 Å². The van der Waals surface area contributed by atoms with E-state index in [0.717, 1.165) is 16.8 Å². The molecule has 0 spiro atoms. The number of aromatic amines is 1. The van der Waals surface area contributed by atoms with Crippen molar-refractivity contribution in [3.63, 3.8) is 0 Å². The van der Waals surface area contributed by atoms with Crippen molar-refractivity contribution >= 4 is 41.2 Å². The minimum atomic E-state index is -4.29. The number of aliphatic hydroxyl groups is 1. The molecule has 3 N–H and O–H groups in total. The second kappa shape index (κ2) is 12.9. The fourth-order valence-electron chi connectivity index (χ4n) is 3.46. The number of ether oxygens (including phenoxy) is 3. The number of aromatic nitrogens is 2. The fraction of sp³-hybridized carbons (Fsp3) is 0.500. The number of H-pyrrole nitrogens is 1. The molecular weight excluding hydrogens is 613 g/mol. The van der Waals surface area contributed by atoms with Crippen LogP contribution < -0.4 is 20.9 Å². The van der Waals surface area contributed by atoms with Crippen LogP contribution in [0.15, 0.2) is 52.2 Å². The Morgan fingerprint density at radius 2 is 2.00 bits per heavy atom. The van der Waals surface area contributed by atoms with E-state index in [1.165, 1.54) is 26.2 Å². The third-order valence-corrected chi connectivity index (χ3v) is 8.20. The highest BCUT2D eigenvalue weighted by Gasteiger charge is 2.55. The Morgan fingerprint density at radius 1 is 1.32 bits per heavy atom. The van der Waals surface area contributed by atoms with Crippen molar-refractivity contribution in [3.05, 3.63) is 63.4 Å². The lowest BCUT2D eigenvalue weighted by molar-refractivity contribution is -0.152. The number of aliphatic hydroxyl groups excluding tert-OH is 1. The molecule has 0 bridgehead atoms. The molecule has 1 fully saturated rings. The molecule has 16 heteroatoms. The lowest BCUT2D eigenvalue weighted by Crippen LogP contribution is -2.41. The molecule has 7 atom stereocenters. The molecule has 0 radical (unpaired) electrons. The first-order chi connectivity index (χ1) is 17.9. The van der Waals surface area contributed by atoms with Gasteiger partial charge in [0.1, 0.15) is 30.1 Å². The van der Waals surface area contributed by atoms with Gasteiger partial charge in [-0.3, -0.25) is 23.7 Å². The van der Waals surface area contributed by atoms with Crippen molar-refractivity contribution in [3.8, 4) is 5.75 Å². The molecule has 0 aliphatic carbocycles. The van der Waals surface area contributed by atoms with Gasteiger partial charge in [-0.2, -0.15) is 5.09 Å². The highest BCUT2D eigenvalue weighted by atomic mass is 79.9. The first-order valence-electron chi connectivity index (χ1n) is 11.4. The monoisotopic (exact) mass is 639 g/mol. The average Bonchev–Trinajstić information content (AvgIpc) is 3.07. The van der Waals surface area contributed by atoms with Crippen LogP contribution in [0.25, 0.3) is 0 Å². The van der Waals surface area contributed by atoms with E-state index < -0.39 is 65.9 Å². The van der Waals surface area contributed by atoms with E-state index in [4.69, 9.17) is 34.9 Å². The molecule has 1 aliphatic heterocycles. The van der Waals surface area contributed by atoms with Crippen LogP contribution in [-0.4, -0.2) is 69.1 Å². The number of rotatable bonds is 12. The molecule has 0 saturated carbocycles. The zero-order valence-corrected chi connectivity index (χ0v) is 23.9. The Morgan fingerprint density at radius 3 is 2.63 bits per heavy atom. The number of nitrogens with zero attached hydrogens (tertiary/aromatic N) is 1. The van der Waals surface area contributed by atoms with Crippen molar-refractivity contribution in [1.82, 2.24) is 14.6 Å². The zero-order valence-electron chi connectivity index (χ0n) is 20.6. The molecule has 210 valence electrons. The lowest BCUT2D eigenvalue weighted by Gasteiger charge is -2.25. The first-order valence-corrected chi connectivity index (χ1v) is 14.1. The Hall–Kier alpha value is -2.03. The molecule has 2 aromatic rings. The smallest absolute Gasteiger partial charge is 0.459 e. The summed E-state index contributed by atoms with van der Waals surface area (Å²) in [5, 5.41) is 13.3. The highest BCUT2D eigenvalue weighted by molar-refractivity contribution is 9.10. The number of benzene rings is 1. The largest absolute Gasteiger partial charge is 0.459 e. The van der Waals surface area contributed by atoms with Crippen molar-refractivity contribution in [2.75, 3.05) is 20.3 Å². The summed E-state index contributed by atoms with van der Waals surface area (Å²) < 4.78 is 40.1. The molecule has 38 heavy (non-hydrogen) atoms. The maximum Gasteiger partial charge on any atom is 0.459 e. The van der Waals surface area contributed by atoms with Crippen molar-refractivity contribution in [2.24, 2.45) is 0 Å². The van der Waals surface area contributed by atoms with E-state index >= 15 is 0 Å². The van der Waals surface area contributed by atoms with Gasteiger partial charge in [-0.25, -0.2) is 9.36 Å². The molecule has 3 rings (SSSR count). The third-order valence-electron chi connectivity index (χ3n) is 5.28. The van der Waals surface area contributed by atoms with Crippen LogP contribution in [0.2, 0.25) is 0 Å². The Balaban J connectivity index is 1.78. The molecule has 1 aromatic heterocycles. The van der Waals surface area contributed by atoms with Crippen LogP contribution in [0.3, 0.4) is 0 Å². The number of hydrogen-bond acceptors (Lipinski definition) is 10. The van der Waals surface area contributed by atoms with Crippen molar-refractivity contribution in [1.29, 1.82) is 0 Å². The fourth-order valence-corrected chi connectivity index (χ4v) is 5.88. The van der Waals surface area contributed by atoms with Gasteiger partial charge < -0.3 is 23.8 Å². The molecule has 1 saturated heterocycles. The van der Waals surface area contributed by atoms with Crippen LogP contribution in [-0.2, 0) is 28.1 Å². The topological polar surface area (TPSA) is 167 Å². The summed E-state index contributed by atoms with van der Waals surface area (Å²) in [5.41, 5.74) is -1.45. The summed E-state index contributed by atoms with van der Waals surface area (Å²) in [6.07, 6.45) is -3.37. The summed E-state index contributed by atoms with van der Waals surface area (Å²) >= 11 is 9.62. The second-order valence-electron chi connectivity index (χ2n) is 8.41. The van der Waals surface area contributed by atoms with Gasteiger partial charge in [0.15, 0.2) is 10.0 Å². The Labute approximate surface area is 231 Å². The van der Waals surface area contributed by atoms with Gasteiger partial charge in [0, 0.05) is 19.4 Å². The minimum Gasteiger partial charge on any atom is -0.459 e. The maximum absolute atomic E-state index is 13.7. The Kier molecular flexibility index (Phi) is 10.3. The van der Waals surface area contributed by atoms with Crippen molar-refractivity contribution < 1.29 is 37.7 Å². The molecule has 0 amide bonds. The lowest BCUT2D eigenvalue weighted by atomic mass is 10.2. The van der Waals surface area contributed by atoms with E-state index in [0.29, 0.717) is 0 Å². The summed E-state index contributed by atoms with van der Waals surface area (Å²) in [6, 6.07) is 8.03. The van der Waals surface area contributed by atoms with Crippen LogP contribution in [0, 0.1) is 0 Å². The van der Waals surface area contributed by atoms with Crippen LogP contribution >= 0.6 is 35.3 Å². The summed E-state index contributed by atoms with van der Waals surface area (Å²) in [7, 11) is -2.83. The van der Waals surface area contributed by atoms with Gasteiger partial charge in [0.25, 0.3) is 5.56 Å². The summed E-state index contributed by atoms with van der Waals surface area (Å²) in [6.45, 7) is 2.67. The van der Waals surface area contributed by atoms with Crippen molar-refractivity contribution in [2.45, 2.75) is 48.2 Å². The number of para-hydroxylation sites is 1. The predicted octanol–water partition coefficient (Wildman–Crippen LogP) is 1.88. The number of carbonyl (C=O) groups excluding carboxylic acids is 1. The van der Waals surface area contributed by atoms with Crippen LogP contribution in [0.5, 0.6) is 5.75 Å². The standard InChI is InChI=1S/C22H28BrClN3O10P/c1-13(11-33-3)35-19(30)14(2)26-38(32,37-15-7-5-4-6-8-15)34-12-16-18(29)22(23,24)20(36-16)27-10-9-17(28)25-21(27)31/h4-10,13-14,16,18,20,29H,11-12H2,1-3H3,(H,26,32)(H,25,28,31)/t13?,14-,16?,18+,20?,22-,38?/m0/s1. The number of alkyl halides is 2. The van der Waals surface area contributed by atoms with E-state index in [1.807, 2.05) is 0 Å². The van der Waals surface area contributed by atoms with E-state index in [1.54, 1.807) is 25.1 Å². The Bertz CT molecular complexity index is 1260. The van der Waals surface area contributed by atoms with E-state index in [-0.39, 0.29) is 12.4 Å². The quantitative estimate of drug-likeness (QED) is 0.176. The first kappa shape index (κ1) is 30.5. The molecule has 4 unspecified atom stereocenters. The van der Waals surface area contributed by atoms with Crippen LogP contribution in [0.1, 0.15) is 20.1 Å². The van der Waals surface area contributed by atoms with Gasteiger partial charge in [-0.05, 0) is 26.0 Å². The second-order valence-corrected chi connectivity index (χ2v) is 12.5. The minimum absolute atomic E-state index is 0.163. The molecule has 13 nitrogen and oxygen atoms in total. The van der Waals surface area contributed by atoms with Gasteiger partial charge in [-0.1, -0.05) is 45.7 Å². The predicted molar refractivity (Wildman–Crippen MR) is 139 cm³/mol. The number of esters is 1. The number of methoxy groups -OCH3 is 1. The molecule has 1 aliphatic rings. The molecule has 2 heterocycles. The number of nitrogens with one attached hydrogen (secondary N) is 2. The average molecular weight is 641 g/mol. The molecular formula is C22H28BrClN3O10P. The van der Waals surface area contributed by atoms with E-state index in [2.05, 4.69) is 26.0 Å². The number of carbonyl (C=O) groups is 1. The normalized spacial score (nSPS) is 26.3. The highest BCUT2D eigenvalue weighted by Crippen LogP contribution is 2.50. The maximum atomic E-state index is 13.7. The summed E-state index contributed by atoms with van der Waals surface area (Å²) in [5.74, 6) is -0.556. The zero-order chi connectivity index (χ0) is 28.1. The third kappa shape index (κ3) is 7.54. The number of hydrogen-bond donors (Lipinski definition) is 3.